The van der Waals surface area contributed by atoms with Crippen LogP contribution in [-0.2, 0) is 17.9 Å². The number of rotatable bonds is 2. The summed E-state index contributed by atoms with van der Waals surface area (Å²) in [5.41, 5.74) is 6.58. The third-order valence-corrected chi connectivity index (χ3v) is 3.32. The van der Waals surface area contributed by atoms with Crippen LogP contribution in [0.15, 0.2) is 0 Å². The lowest BCUT2D eigenvalue weighted by molar-refractivity contribution is -0.132. The van der Waals surface area contributed by atoms with Gasteiger partial charge in [-0.25, -0.2) is 4.98 Å². The summed E-state index contributed by atoms with van der Waals surface area (Å²) in [4.78, 5) is 19.0. The lowest BCUT2D eigenvalue weighted by Crippen LogP contribution is -2.26. The van der Waals surface area contributed by atoms with E-state index < -0.39 is 0 Å². The Labute approximate surface area is 93.1 Å². The Morgan fingerprint density at radius 3 is 2.93 bits per heavy atom. The largest absolute Gasteiger partial charge is 0.375 e. The van der Waals surface area contributed by atoms with Crippen molar-refractivity contribution in [2.75, 3.05) is 5.73 Å². The molecule has 1 aromatic rings. The van der Waals surface area contributed by atoms with Crippen LogP contribution in [0, 0.1) is 5.92 Å². The zero-order valence-corrected chi connectivity index (χ0v) is 9.80. The number of nitrogens with two attached hydrogens (primary N) is 1. The van der Waals surface area contributed by atoms with E-state index in [-0.39, 0.29) is 5.91 Å². The van der Waals surface area contributed by atoms with Crippen molar-refractivity contribution >= 4 is 22.4 Å². The summed E-state index contributed by atoms with van der Waals surface area (Å²) in [6, 6.07) is 0. The summed E-state index contributed by atoms with van der Waals surface area (Å²) in [6.45, 7) is 5.43. The molecule has 0 aromatic carbocycles. The van der Waals surface area contributed by atoms with Crippen LogP contribution in [0.5, 0.6) is 0 Å². The fourth-order valence-electron chi connectivity index (χ4n) is 1.72. The SMILES string of the molecule is CC(C)CC(=O)N1Cc2nc(N)sc2C1. The van der Waals surface area contributed by atoms with E-state index in [2.05, 4.69) is 18.8 Å². The summed E-state index contributed by atoms with van der Waals surface area (Å²) in [5, 5.41) is 0.607. The molecule has 1 aromatic heterocycles. The molecule has 2 heterocycles. The smallest absolute Gasteiger partial charge is 0.223 e. The van der Waals surface area contributed by atoms with Gasteiger partial charge in [0.25, 0.3) is 0 Å². The highest BCUT2D eigenvalue weighted by molar-refractivity contribution is 7.15. The van der Waals surface area contributed by atoms with Crippen molar-refractivity contribution in [1.82, 2.24) is 9.88 Å². The van der Waals surface area contributed by atoms with Gasteiger partial charge in [0.15, 0.2) is 5.13 Å². The van der Waals surface area contributed by atoms with Gasteiger partial charge in [-0.15, -0.1) is 11.3 Å². The predicted molar refractivity (Wildman–Crippen MR) is 60.2 cm³/mol. The fourth-order valence-corrected chi connectivity index (χ4v) is 2.57. The van der Waals surface area contributed by atoms with Crippen LogP contribution in [0.25, 0.3) is 0 Å². The average molecular weight is 225 g/mol. The first kappa shape index (κ1) is 10.4. The molecule has 0 unspecified atom stereocenters. The van der Waals surface area contributed by atoms with Gasteiger partial charge in [-0.3, -0.25) is 4.79 Å². The minimum atomic E-state index is 0.216. The number of hydrogen-bond acceptors (Lipinski definition) is 4. The minimum absolute atomic E-state index is 0.216. The monoisotopic (exact) mass is 225 g/mol. The van der Waals surface area contributed by atoms with E-state index in [0.717, 1.165) is 10.6 Å². The Balaban J connectivity index is 2.01. The van der Waals surface area contributed by atoms with Crippen LogP contribution in [-0.4, -0.2) is 15.8 Å². The number of thiazole rings is 1. The number of anilines is 1. The summed E-state index contributed by atoms with van der Waals surface area (Å²) in [5.74, 6) is 0.628. The number of nitrogens with zero attached hydrogens (tertiary/aromatic N) is 2. The average Bonchev–Trinajstić information content (AvgIpc) is 2.58. The van der Waals surface area contributed by atoms with Gasteiger partial charge >= 0.3 is 0 Å². The van der Waals surface area contributed by atoms with Crippen molar-refractivity contribution in [3.05, 3.63) is 10.6 Å². The van der Waals surface area contributed by atoms with Crippen molar-refractivity contribution in [1.29, 1.82) is 0 Å². The maximum atomic E-state index is 11.8. The van der Waals surface area contributed by atoms with E-state index in [9.17, 15) is 4.79 Å². The van der Waals surface area contributed by atoms with Crippen LogP contribution in [0.4, 0.5) is 5.13 Å². The maximum absolute atomic E-state index is 11.8. The zero-order valence-electron chi connectivity index (χ0n) is 8.99. The number of aromatic nitrogens is 1. The summed E-state index contributed by atoms with van der Waals surface area (Å²) in [7, 11) is 0. The molecule has 2 rings (SSSR count). The third kappa shape index (κ3) is 2.12. The molecule has 1 aliphatic heterocycles. The molecule has 0 fully saturated rings. The predicted octanol–water partition coefficient (Wildman–Crippen LogP) is 1.61. The molecule has 0 saturated carbocycles. The summed E-state index contributed by atoms with van der Waals surface area (Å²) < 4.78 is 0. The van der Waals surface area contributed by atoms with Crippen LogP contribution in [0.3, 0.4) is 0 Å². The van der Waals surface area contributed by atoms with E-state index in [1.165, 1.54) is 11.3 Å². The molecule has 4 nitrogen and oxygen atoms in total. The van der Waals surface area contributed by atoms with Gasteiger partial charge in [-0.05, 0) is 5.92 Å². The standard InChI is InChI=1S/C10H15N3OS/c1-6(2)3-9(14)13-4-7-8(5-13)15-10(11)12-7/h6H,3-5H2,1-2H3,(H2,11,12). The number of amides is 1. The lowest BCUT2D eigenvalue weighted by Gasteiger charge is -2.16. The number of hydrogen-bond donors (Lipinski definition) is 1. The molecule has 5 heteroatoms. The summed E-state index contributed by atoms with van der Waals surface area (Å²) >= 11 is 1.49. The topological polar surface area (TPSA) is 59.2 Å². The zero-order chi connectivity index (χ0) is 11.0. The van der Waals surface area contributed by atoms with Gasteiger partial charge in [0.2, 0.25) is 5.91 Å². The second kappa shape index (κ2) is 3.81. The molecule has 15 heavy (non-hydrogen) atoms. The highest BCUT2D eigenvalue weighted by Gasteiger charge is 2.26. The Bertz CT molecular complexity index is 363. The molecule has 0 bridgehead atoms. The van der Waals surface area contributed by atoms with Crippen LogP contribution in [0.1, 0.15) is 30.8 Å². The van der Waals surface area contributed by atoms with Gasteiger partial charge in [0.1, 0.15) is 0 Å². The molecule has 0 saturated heterocycles. The Kier molecular flexibility index (Phi) is 2.65. The second-order valence-electron chi connectivity index (χ2n) is 4.27. The van der Waals surface area contributed by atoms with Crippen LogP contribution >= 0.6 is 11.3 Å². The first-order chi connectivity index (χ1) is 7.06. The molecule has 1 aliphatic rings. The van der Waals surface area contributed by atoms with E-state index in [4.69, 9.17) is 5.73 Å². The van der Waals surface area contributed by atoms with E-state index in [1.807, 2.05) is 4.90 Å². The van der Waals surface area contributed by atoms with Gasteiger partial charge in [-0.2, -0.15) is 0 Å². The van der Waals surface area contributed by atoms with Crippen molar-refractivity contribution < 1.29 is 4.79 Å². The number of fused-ring (bicyclic) bond motifs is 1. The first-order valence-electron chi connectivity index (χ1n) is 5.08. The molecular formula is C10H15N3OS. The molecule has 0 aliphatic carbocycles. The minimum Gasteiger partial charge on any atom is -0.375 e. The molecular weight excluding hydrogens is 210 g/mol. The highest BCUT2D eigenvalue weighted by Crippen LogP contribution is 2.29. The van der Waals surface area contributed by atoms with Crippen LogP contribution in [0.2, 0.25) is 0 Å². The Morgan fingerprint density at radius 1 is 1.60 bits per heavy atom. The molecule has 0 atom stereocenters. The first-order valence-corrected chi connectivity index (χ1v) is 5.89. The number of carbonyl (C=O) groups excluding carboxylic acids is 1. The normalized spacial score (nSPS) is 14.7. The quantitative estimate of drug-likeness (QED) is 0.832. The Morgan fingerprint density at radius 2 is 2.33 bits per heavy atom. The van der Waals surface area contributed by atoms with Crippen molar-refractivity contribution in [3.8, 4) is 0 Å². The molecule has 0 radical (unpaired) electrons. The van der Waals surface area contributed by atoms with Gasteiger partial charge < -0.3 is 10.6 Å². The summed E-state index contributed by atoms with van der Waals surface area (Å²) in [6.07, 6.45) is 0.615. The van der Waals surface area contributed by atoms with E-state index >= 15 is 0 Å². The van der Waals surface area contributed by atoms with Crippen molar-refractivity contribution in [2.24, 2.45) is 5.92 Å². The number of carbonyl (C=O) groups is 1. The van der Waals surface area contributed by atoms with Crippen LogP contribution < -0.4 is 5.73 Å². The number of nitrogen functional groups attached to an aromatic ring is 1. The van der Waals surface area contributed by atoms with Gasteiger partial charge in [-0.1, -0.05) is 13.8 Å². The lowest BCUT2D eigenvalue weighted by atomic mass is 10.1. The van der Waals surface area contributed by atoms with Crippen molar-refractivity contribution in [2.45, 2.75) is 33.4 Å². The Hall–Kier alpha value is -1.10. The molecule has 2 N–H and O–H groups in total. The molecule has 82 valence electrons. The maximum Gasteiger partial charge on any atom is 0.223 e. The molecule has 1 amide bonds. The highest BCUT2D eigenvalue weighted by atomic mass is 32.1. The second-order valence-corrected chi connectivity index (χ2v) is 5.38. The molecule has 0 spiro atoms. The third-order valence-electron chi connectivity index (χ3n) is 2.41. The van der Waals surface area contributed by atoms with Crippen molar-refractivity contribution in [3.63, 3.8) is 0 Å². The van der Waals surface area contributed by atoms with Gasteiger partial charge in [0.05, 0.1) is 23.7 Å². The van der Waals surface area contributed by atoms with E-state index in [0.29, 0.717) is 30.6 Å². The fraction of sp³-hybridized carbons (Fsp3) is 0.600. The van der Waals surface area contributed by atoms with Gasteiger partial charge in [0, 0.05) is 6.42 Å². The van der Waals surface area contributed by atoms with E-state index in [1.54, 1.807) is 0 Å².